The average molecular weight is 328 g/mol. The van der Waals surface area contributed by atoms with Gasteiger partial charge in [-0.05, 0) is 35.0 Å². The highest BCUT2D eigenvalue weighted by Gasteiger charge is 2.22. The Bertz CT molecular complexity index is 606. The van der Waals surface area contributed by atoms with Crippen molar-refractivity contribution in [2.45, 2.75) is 12.3 Å². The number of aromatic nitrogens is 2. The Morgan fingerprint density at radius 3 is 2.89 bits per heavy atom. The molecular weight excluding hydrogens is 316 g/mol. The summed E-state index contributed by atoms with van der Waals surface area (Å²) >= 11 is 3.09. The van der Waals surface area contributed by atoms with Crippen LogP contribution in [0.4, 0.5) is 8.78 Å². The van der Waals surface area contributed by atoms with Crippen molar-refractivity contribution in [1.82, 2.24) is 14.9 Å². The van der Waals surface area contributed by atoms with Crippen molar-refractivity contribution in [3.05, 3.63) is 46.5 Å². The van der Waals surface area contributed by atoms with Gasteiger partial charge in [-0.15, -0.1) is 0 Å². The maximum Gasteiger partial charge on any atom is 0.150 e. The lowest BCUT2D eigenvalue weighted by atomic mass is 10.1. The molecule has 1 aliphatic heterocycles. The summed E-state index contributed by atoms with van der Waals surface area (Å²) in [7, 11) is 0. The Morgan fingerprint density at radius 2 is 2.16 bits per heavy atom. The van der Waals surface area contributed by atoms with E-state index >= 15 is 0 Å². The summed E-state index contributed by atoms with van der Waals surface area (Å²) in [6.07, 6.45) is 4.31. The minimum atomic E-state index is -0.606. The molecule has 19 heavy (non-hydrogen) atoms. The minimum absolute atomic E-state index is 0.244. The van der Waals surface area contributed by atoms with Crippen molar-refractivity contribution < 1.29 is 8.78 Å². The van der Waals surface area contributed by atoms with E-state index in [1.54, 1.807) is 17.1 Å². The number of halogens is 3. The van der Waals surface area contributed by atoms with Crippen LogP contribution in [0.15, 0.2) is 29.1 Å². The predicted octanol–water partition coefficient (Wildman–Crippen LogP) is 2.99. The van der Waals surface area contributed by atoms with Crippen molar-refractivity contribution >= 4 is 15.9 Å². The zero-order valence-corrected chi connectivity index (χ0v) is 11.6. The second-order valence-electron chi connectivity index (χ2n) is 4.60. The van der Waals surface area contributed by atoms with Gasteiger partial charge < -0.3 is 5.32 Å². The monoisotopic (exact) mass is 327 g/mol. The molecule has 1 fully saturated rings. The number of benzene rings is 1. The topological polar surface area (TPSA) is 29.9 Å². The third kappa shape index (κ3) is 2.30. The van der Waals surface area contributed by atoms with Crippen LogP contribution in [0.2, 0.25) is 0 Å². The number of hydrogen-bond donors (Lipinski definition) is 1. The molecule has 2 aromatic rings. The second kappa shape index (κ2) is 5.02. The van der Waals surface area contributed by atoms with E-state index in [1.165, 1.54) is 6.07 Å². The molecule has 0 bridgehead atoms. The van der Waals surface area contributed by atoms with Crippen LogP contribution in [-0.2, 0) is 0 Å². The van der Waals surface area contributed by atoms with E-state index in [1.807, 2.05) is 0 Å². The molecule has 100 valence electrons. The Labute approximate surface area is 117 Å². The highest BCUT2D eigenvalue weighted by Crippen LogP contribution is 2.28. The molecule has 3 nitrogen and oxygen atoms in total. The summed E-state index contributed by atoms with van der Waals surface area (Å²) in [5.41, 5.74) is 1.26. The van der Waals surface area contributed by atoms with Crippen LogP contribution in [0, 0.1) is 11.6 Å². The largest absolute Gasteiger partial charge is 0.316 e. The standard InChI is InChI=1S/C13H12BrF2N3/c14-9-3-12(11(16)4-10(9)15)19-7-18-6-13(19)8-1-2-17-5-8/h3-4,6-8,17H,1-2,5H2. The van der Waals surface area contributed by atoms with Crippen molar-refractivity contribution in [3.8, 4) is 5.69 Å². The first kappa shape index (κ1) is 12.7. The van der Waals surface area contributed by atoms with Crippen molar-refractivity contribution in [1.29, 1.82) is 0 Å². The first-order valence-corrected chi connectivity index (χ1v) is 6.84. The van der Waals surface area contributed by atoms with Crippen molar-refractivity contribution in [3.63, 3.8) is 0 Å². The third-order valence-corrected chi connectivity index (χ3v) is 4.00. The Kier molecular flexibility index (Phi) is 3.36. The lowest BCUT2D eigenvalue weighted by Crippen LogP contribution is -2.11. The van der Waals surface area contributed by atoms with E-state index in [9.17, 15) is 8.78 Å². The summed E-state index contributed by atoms with van der Waals surface area (Å²) in [6.45, 7) is 1.81. The van der Waals surface area contributed by atoms with E-state index in [0.717, 1.165) is 31.3 Å². The van der Waals surface area contributed by atoms with Crippen LogP contribution in [0.5, 0.6) is 0 Å². The summed E-state index contributed by atoms with van der Waals surface area (Å²) in [6, 6.07) is 2.33. The highest BCUT2D eigenvalue weighted by atomic mass is 79.9. The molecule has 0 amide bonds. The molecule has 0 radical (unpaired) electrons. The van der Waals surface area contributed by atoms with Gasteiger partial charge in [0.25, 0.3) is 0 Å². The normalized spacial score (nSPS) is 19.0. The van der Waals surface area contributed by atoms with E-state index in [4.69, 9.17) is 0 Å². The fraction of sp³-hybridized carbons (Fsp3) is 0.308. The van der Waals surface area contributed by atoms with Gasteiger partial charge in [0.15, 0.2) is 0 Å². The molecule has 1 unspecified atom stereocenters. The molecule has 2 heterocycles. The summed E-state index contributed by atoms with van der Waals surface area (Å²) in [5, 5.41) is 3.27. The zero-order chi connectivity index (χ0) is 13.4. The highest BCUT2D eigenvalue weighted by molar-refractivity contribution is 9.10. The van der Waals surface area contributed by atoms with Crippen LogP contribution in [0.25, 0.3) is 5.69 Å². The van der Waals surface area contributed by atoms with Gasteiger partial charge in [-0.25, -0.2) is 13.8 Å². The fourth-order valence-electron chi connectivity index (χ4n) is 2.41. The van der Waals surface area contributed by atoms with E-state index < -0.39 is 11.6 Å². The second-order valence-corrected chi connectivity index (χ2v) is 5.45. The van der Waals surface area contributed by atoms with Crippen LogP contribution in [0.1, 0.15) is 18.0 Å². The quantitative estimate of drug-likeness (QED) is 0.859. The molecule has 3 rings (SSSR count). The van der Waals surface area contributed by atoms with E-state index in [-0.39, 0.29) is 4.47 Å². The van der Waals surface area contributed by atoms with E-state index in [2.05, 4.69) is 26.2 Å². The van der Waals surface area contributed by atoms with Gasteiger partial charge in [0.1, 0.15) is 11.6 Å². The molecule has 1 aromatic heterocycles. The number of nitrogens with one attached hydrogen (secondary N) is 1. The predicted molar refractivity (Wildman–Crippen MR) is 71.4 cm³/mol. The first-order chi connectivity index (χ1) is 9.16. The van der Waals surface area contributed by atoms with Crippen molar-refractivity contribution in [2.75, 3.05) is 13.1 Å². The van der Waals surface area contributed by atoms with Gasteiger partial charge in [0.05, 0.1) is 16.5 Å². The molecule has 6 heteroatoms. The number of hydrogen-bond acceptors (Lipinski definition) is 2. The molecule has 1 N–H and O–H groups in total. The number of imidazole rings is 1. The maximum absolute atomic E-state index is 13.9. The van der Waals surface area contributed by atoms with Crippen LogP contribution in [-0.4, -0.2) is 22.6 Å². The lowest BCUT2D eigenvalue weighted by Gasteiger charge is -2.14. The van der Waals surface area contributed by atoms with Crippen molar-refractivity contribution in [2.24, 2.45) is 0 Å². The lowest BCUT2D eigenvalue weighted by molar-refractivity contribution is 0.570. The van der Waals surface area contributed by atoms with Crippen LogP contribution < -0.4 is 5.32 Å². The third-order valence-electron chi connectivity index (χ3n) is 3.39. The zero-order valence-electron chi connectivity index (χ0n) is 10.0. The molecule has 1 atom stereocenters. The molecule has 1 aromatic carbocycles. The molecular formula is C13H12BrF2N3. The Morgan fingerprint density at radius 1 is 1.32 bits per heavy atom. The van der Waals surface area contributed by atoms with E-state index in [0.29, 0.717) is 11.6 Å². The molecule has 0 aliphatic carbocycles. The molecule has 0 spiro atoms. The Hall–Kier alpha value is -1.27. The van der Waals surface area contributed by atoms with Crippen LogP contribution >= 0.6 is 15.9 Å². The fourth-order valence-corrected chi connectivity index (χ4v) is 2.74. The summed E-state index contributed by atoms with van der Waals surface area (Å²) < 4.78 is 29.2. The maximum atomic E-state index is 13.9. The molecule has 1 aliphatic rings. The smallest absolute Gasteiger partial charge is 0.150 e. The van der Waals surface area contributed by atoms with Gasteiger partial charge in [-0.1, -0.05) is 0 Å². The molecule has 1 saturated heterocycles. The number of nitrogens with zero attached hydrogens (tertiary/aromatic N) is 2. The Balaban J connectivity index is 2.07. The summed E-state index contributed by atoms with van der Waals surface area (Å²) in [4.78, 5) is 4.10. The van der Waals surface area contributed by atoms with Gasteiger partial charge in [-0.3, -0.25) is 4.57 Å². The molecule has 0 saturated carbocycles. The average Bonchev–Trinajstić information content (AvgIpc) is 3.03. The van der Waals surface area contributed by atoms with Gasteiger partial charge in [0, 0.05) is 30.4 Å². The van der Waals surface area contributed by atoms with Gasteiger partial charge in [-0.2, -0.15) is 0 Å². The van der Waals surface area contributed by atoms with Gasteiger partial charge in [0.2, 0.25) is 0 Å². The number of rotatable bonds is 2. The van der Waals surface area contributed by atoms with Gasteiger partial charge >= 0.3 is 0 Å². The first-order valence-electron chi connectivity index (χ1n) is 6.04. The summed E-state index contributed by atoms with van der Waals surface area (Å²) in [5.74, 6) is -0.887. The van der Waals surface area contributed by atoms with Crippen LogP contribution in [0.3, 0.4) is 0 Å². The SMILES string of the molecule is Fc1cc(F)c(-n2cncc2C2CCNC2)cc1Br. The minimum Gasteiger partial charge on any atom is -0.316 e.